The van der Waals surface area contributed by atoms with Crippen LogP contribution in [0.5, 0.6) is 0 Å². The van der Waals surface area contributed by atoms with Crippen LogP contribution in [-0.2, 0) is 9.53 Å². The van der Waals surface area contributed by atoms with Gasteiger partial charge in [0.1, 0.15) is 0 Å². The quantitative estimate of drug-likeness (QED) is 0.579. The van der Waals surface area contributed by atoms with Gasteiger partial charge in [0.25, 0.3) is 0 Å². The first-order valence-electron chi connectivity index (χ1n) is 6.59. The largest absolute Gasteiger partial charge is 0.469 e. The zero-order chi connectivity index (χ0) is 11.8. The number of carbonyl (C=O) groups excluding carboxylic acids is 1. The maximum atomic E-state index is 11.4. The average molecular weight is 227 g/mol. The van der Waals surface area contributed by atoms with Crippen LogP contribution in [0.1, 0.15) is 51.9 Å². The predicted octanol–water partition coefficient (Wildman–Crippen LogP) is 2.50. The summed E-state index contributed by atoms with van der Waals surface area (Å²) in [5.41, 5.74) is 0. The highest BCUT2D eigenvalue weighted by molar-refractivity contribution is 5.72. The lowest BCUT2D eigenvalue weighted by atomic mass is 10.0. The molecule has 3 nitrogen and oxygen atoms in total. The molecule has 0 aromatic heterocycles. The number of methoxy groups -OCH3 is 1. The van der Waals surface area contributed by atoms with Gasteiger partial charge in [-0.3, -0.25) is 4.79 Å². The van der Waals surface area contributed by atoms with Crippen molar-refractivity contribution in [1.29, 1.82) is 0 Å². The molecule has 3 heteroatoms. The van der Waals surface area contributed by atoms with Gasteiger partial charge in [0.15, 0.2) is 0 Å². The van der Waals surface area contributed by atoms with Crippen LogP contribution in [0.15, 0.2) is 0 Å². The first-order chi connectivity index (χ1) is 7.77. The van der Waals surface area contributed by atoms with E-state index in [1.807, 2.05) is 6.92 Å². The Bertz CT molecular complexity index is 198. The zero-order valence-corrected chi connectivity index (χ0v) is 10.6. The standard InChI is InChI=1S/C13H25NO2/c1-3-11(13(15)16-2)10-14-12-8-6-4-5-7-9-12/h11-12,14H,3-10H2,1-2H3. The number of rotatable bonds is 5. The molecule has 1 fully saturated rings. The lowest BCUT2D eigenvalue weighted by molar-refractivity contribution is -0.145. The van der Waals surface area contributed by atoms with E-state index in [1.165, 1.54) is 45.6 Å². The van der Waals surface area contributed by atoms with E-state index in [9.17, 15) is 4.79 Å². The summed E-state index contributed by atoms with van der Waals surface area (Å²) in [7, 11) is 1.47. The molecule has 1 saturated carbocycles. The van der Waals surface area contributed by atoms with E-state index in [0.29, 0.717) is 6.04 Å². The highest BCUT2D eigenvalue weighted by Crippen LogP contribution is 2.17. The first kappa shape index (κ1) is 13.5. The van der Waals surface area contributed by atoms with E-state index in [-0.39, 0.29) is 11.9 Å². The molecule has 0 aromatic carbocycles. The average Bonchev–Trinajstić information content (AvgIpc) is 2.58. The Morgan fingerprint density at radius 3 is 2.44 bits per heavy atom. The summed E-state index contributed by atoms with van der Waals surface area (Å²) in [5.74, 6) is -0.0584. The highest BCUT2D eigenvalue weighted by Gasteiger charge is 2.19. The van der Waals surface area contributed by atoms with Crippen LogP contribution in [0.3, 0.4) is 0 Å². The molecule has 0 aromatic rings. The maximum Gasteiger partial charge on any atom is 0.309 e. The minimum atomic E-state index is -0.0800. The number of nitrogens with one attached hydrogen (secondary N) is 1. The van der Waals surface area contributed by atoms with E-state index in [2.05, 4.69) is 5.32 Å². The summed E-state index contributed by atoms with van der Waals surface area (Å²) in [6, 6.07) is 0.612. The van der Waals surface area contributed by atoms with Crippen LogP contribution in [0.4, 0.5) is 0 Å². The number of hydrogen-bond acceptors (Lipinski definition) is 3. The van der Waals surface area contributed by atoms with Crippen molar-refractivity contribution in [2.45, 2.75) is 57.9 Å². The molecule has 16 heavy (non-hydrogen) atoms. The molecule has 0 spiro atoms. The normalized spacial score (nSPS) is 20.1. The molecule has 0 heterocycles. The Morgan fingerprint density at radius 2 is 1.94 bits per heavy atom. The van der Waals surface area contributed by atoms with Crippen LogP contribution in [0.25, 0.3) is 0 Å². The van der Waals surface area contributed by atoms with E-state index < -0.39 is 0 Å². The summed E-state index contributed by atoms with van der Waals surface area (Å²) in [6.07, 6.45) is 8.76. The van der Waals surface area contributed by atoms with Crippen LogP contribution >= 0.6 is 0 Å². The molecule has 0 saturated heterocycles. The van der Waals surface area contributed by atoms with Crippen molar-refractivity contribution >= 4 is 5.97 Å². The van der Waals surface area contributed by atoms with Crippen LogP contribution in [0, 0.1) is 5.92 Å². The first-order valence-corrected chi connectivity index (χ1v) is 6.59. The number of ether oxygens (including phenoxy) is 1. The van der Waals surface area contributed by atoms with Crippen LogP contribution < -0.4 is 5.32 Å². The van der Waals surface area contributed by atoms with Crippen molar-refractivity contribution in [3.05, 3.63) is 0 Å². The van der Waals surface area contributed by atoms with Gasteiger partial charge in [-0.05, 0) is 19.3 Å². The van der Waals surface area contributed by atoms with E-state index >= 15 is 0 Å². The lowest BCUT2D eigenvalue weighted by Crippen LogP contribution is -2.36. The molecule has 0 radical (unpaired) electrons. The molecule has 0 aliphatic heterocycles. The fourth-order valence-corrected chi connectivity index (χ4v) is 2.35. The molecular formula is C13H25NO2. The molecule has 1 N–H and O–H groups in total. The topological polar surface area (TPSA) is 38.3 Å². The number of esters is 1. The second-order valence-corrected chi connectivity index (χ2v) is 4.73. The van der Waals surface area contributed by atoms with Crippen molar-refractivity contribution in [2.24, 2.45) is 5.92 Å². The van der Waals surface area contributed by atoms with Gasteiger partial charge in [0.05, 0.1) is 13.0 Å². The van der Waals surface area contributed by atoms with Gasteiger partial charge in [-0.15, -0.1) is 0 Å². The van der Waals surface area contributed by atoms with Crippen LogP contribution in [-0.4, -0.2) is 25.7 Å². The Labute approximate surface area is 98.9 Å². The maximum absolute atomic E-state index is 11.4. The summed E-state index contributed by atoms with van der Waals surface area (Å²) in [4.78, 5) is 11.4. The van der Waals surface area contributed by atoms with Crippen molar-refractivity contribution < 1.29 is 9.53 Å². The van der Waals surface area contributed by atoms with Gasteiger partial charge in [0, 0.05) is 12.6 Å². The smallest absolute Gasteiger partial charge is 0.309 e. The Kier molecular flexibility index (Phi) is 6.46. The molecule has 0 bridgehead atoms. The van der Waals surface area contributed by atoms with Gasteiger partial charge >= 0.3 is 5.97 Å². The highest BCUT2D eigenvalue weighted by atomic mass is 16.5. The molecule has 1 rings (SSSR count). The van der Waals surface area contributed by atoms with Gasteiger partial charge in [-0.1, -0.05) is 32.6 Å². The predicted molar refractivity (Wildman–Crippen MR) is 65.3 cm³/mol. The Hall–Kier alpha value is -0.570. The second-order valence-electron chi connectivity index (χ2n) is 4.73. The monoisotopic (exact) mass is 227 g/mol. The fourth-order valence-electron chi connectivity index (χ4n) is 2.35. The van der Waals surface area contributed by atoms with E-state index in [4.69, 9.17) is 4.74 Å². The summed E-state index contributed by atoms with van der Waals surface area (Å²) < 4.78 is 4.79. The van der Waals surface area contributed by atoms with Crippen molar-refractivity contribution in [3.63, 3.8) is 0 Å². The van der Waals surface area contributed by atoms with Crippen LogP contribution in [0.2, 0.25) is 0 Å². The molecule has 0 amide bonds. The van der Waals surface area contributed by atoms with Crippen molar-refractivity contribution in [2.75, 3.05) is 13.7 Å². The minimum absolute atomic E-state index is 0.0215. The Balaban J connectivity index is 2.27. The Morgan fingerprint density at radius 1 is 1.31 bits per heavy atom. The lowest BCUT2D eigenvalue weighted by Gasteiger charge is -2.19. The van der Waals surface area contributed by atoms with Gasteiger partial charge in [0.2, 0.25) is 0 Å². The van der Waals surface area contributed by atoms with Crippen molar-refractivity contribution in [1.82, 2.24) is 5.32 Å². The van der Waals surface area contributed by atoms with E-state index in [0.717, 1.165) is 13.0 Å². The second kappa shape index (κ2) is 7.66. The summed E-state index contributed by atoms with van der Waals surface area (Å²) in [5, 5.41) is 3.53. The van der Waals surface area contributed by atoms with Crippen molar-refractivity contribution in [3.8, 4) is 0 Å². The zero-order valence-electron chi connectivity index (χ0n) is 10.6. The SMILES string of the molecule is CCC(CNC1CCCCCC1)C(=O)OC. The minimum Gasteiger partial charge on any atom is -0.469 e. The molecule has 94 valence electrons. The fraction of sp³-hybridized carbons (Fsp3) is 0.923. The van der Waals surface area contributed by atoms with Gasteiger partial charge in [-0.2, -0.15) is 0 Å². The summed E-state index contributed by atoms with van der Waals surface area (Å²) in [6.45, 7) is 2.81. The summed E-state index contributed by atoms with van der Waals surface area (Å²) >= 11 is 0. The third kappa shape index (κ3) is 4.52. The molecule has 1 unspecified atom stereocenters. The molecular weight excluding hydrogens is 202 g/mol. The molecule has 1 aliphatic rings. The third-order valence-electron chi connectivity index (χ3n) is 3.54. The third-order valence-corrected chi connectivity index (χ3v) is 3.54. The number of carbonyl (C=O) groups is 1. The molecule has 1 atom stereocenters. The number of hydrogen-bond donors (Lipinski definition) is 1. The van der Waals surface area contributed by atoms with Gasteiger partial charge in [-0.25, -0.2) is 0 Å². The van der Waals surface area contributed by atoms with E-state index in [1.54, 1.807) is 0 Å². The van der Waals surface area contributed by atoms with Gasteiger partial charge < -0.3 is 10.1 Å². The molecule has 1 aliphatic carbocycles.